The molecule has 2 rings (SSSR count). The molecule has 0 aliphatic heterocycles. The van der Waals surface area contributed by atoms with Gasteiger partial charge in [-0.25, -0.2) is 4.57 Å². The van der Waals surface area contributed by atoms with Gasteiger partial charge in [0.05, 0.1) is 7.14 Å². The van der Waals surface area contributed by atoms with E-state index in [0.29, 0.717) is 11.5 Å². The molecule has 0 fully saturated rings. The molecule has 0 aliphatic carbocycles. The molecule has 0 heterocycles. The highest BCUT2D eigenvalue weighted by Crippen LogP contribution is 2.46. The minimum absolute atomic E-state index is 0.319. The largest absolute Gasteiger partial charge is 0.584 e. The third-order valence-corrected chi connectivity index (χ3v) is 4.74. The molecular formula is C12H9I2O4P. The number of benzene rings is 2. The van der Waals surface area contributed by atoms with E-state index in [2.05, 4.69) is 0 Å². The van der Waals surface area contributed by atoms with Crippen LogP contribution >= 0.6 is 53.0 Å². The summed E-state index contributed by atoms with van der Waals surface area (Å²) in [5.41, 5.74) is 0. The molecule has 0 amide bonds. The molecule has 7 heteroatoms. The highest BCUT2D eigenvalue weighted by molar-refractivity contribution is 14.1. The Kier molecular flexibility index (Phi) is 5.10. The minimum Gasteiger partial charge on any atom is -0.394 e. The summed E-state index contributed by atoms with van der Waals surface area (Å²) < 4.78 is 23.6. The fraction of sp³-hybridized carbons (Fsp3) is 0. The van der Waals surface area contributed by atoms with E-state index in [-0.39, 0.29) is 0 Å². The third kappa shape index (κ3) is 4.34. The molecule has 0 saturated heterocycles. The van der Waals surface area contributed by atoms with Gasteiger partial charge in [-0.3, -0.25) is 4.89 Å². The fourth-order valence-electron chi connectivity index (χ4n) is 1.30. The van der Waals surface area contributed by atoms with Crippen molar-refractivity contribution >= 4 is 53.0 Å². The zero-order chi connectivity index (χ0) is 13.9. The normalized spacial score (nSPS) is 11.1. The fourth-order valence-corrected chi connectivity index (χ4v) is 3.50. The van der Waals surface area contributed by atoms with Crippen molar-refractivity contribution in [2.75, 3.05) is 0 Å². The molecule has 0 atom stereocenters. The van der Waals surface area contributed by atoms with Crippen LogP contribution in [-0.2, 0) is 4.57 Å². The summed E-state index contributed by atoms with van der Waals surface area (Å²) in [5.74, 6) is 0.639. The standard InChI is InChI=1S/C12H9I2O4P/c13-9-5-1-3-7-11(9)17-19(15,16)18-12-8-4-2-6-10(12)14/h1-8H,(H,15,16). The molecule has 0 aliphatic rings. The molecule has 4 nitrogen and oxygen atoms in total. The Bertz CT molecular complexity index is 581. The van der Waals surface area contributed by atoms with Crippen molar-refractivity contribution < 1.29 is 18.5 Å². The molecule has 100 valence electrons. The second-order valence-corrected chi connectivity index (χ2v) is 7.14. The summed E-state index contributed by atoms with van der Waals surface area (Å²) in [6.07, 6.45) is 0. The second-order valence-electron chi connectivity index (χ2n) is 3.51. The summed E-state index contributed by atoms with van der Waals surface area (Å²) >= 11 is 4.05. The maximum atomic E-state index is 12.0. The first-order chi connectivity index (χ1) is 8.98. The molecule has 2 aromatic rings. The van der Waals surface area contributed by atoms with Crippen molar-refractivity contribution in [1.82, 2.24) is 0 Å². The lowest BCUT2D eigenvalue weighted by molar-refractivity contribution is 0.289. The van der Waals surface area contributed by atoms with Crippen LogP contribution in [0.3, 0.4) is 0 Å². The molecule has 0 saturated carbocycles. The Morgan fingerprint density at radius 3 is 1.58 bits per heavy atom. The van der Waals surface area contributed by atoms with Gasteiger partial charge in [-0.05, 0) is 69.4 Å². The number of hydrogen-bond donors (Lipinski definition) is 1. The topological polar surface area (TPSA) is 55.8 Å². The van der Waals surface area contributed by atoms with Gasteiger partial charge in [-0.15, -0.1) is 0 Å². The maximum Gasteiger partial charge on any atom is 0.584 e. The Labute approximate surface area is 138 Å². The van der Waals surface area contributed by atoms with Gasteiger partial charge in [-0.2, -0.15) is 0 Å². The Morgan fingerprint density at radius 1 is 0.842 bits per heavy atom. The Balaban J connectivity index is 2.18. The summed E-state index contributed by atoms with van der Waals surface area (Å²) in [4.78, 5) is 9.77. The van der Waals surface area contributed by atoms with E-state index >= 15 is 0 Å². The van der Waals surface area contributed by atoms with Gasteiger partial charge in [0.25, 0.3) is 0 Å². The monoisotopic (exact) mass is 502 g/mol. The smallest absolute Gasteiger partial charge is 0.394 e. The number of hydrogen-bond acceptors (Lipinski definition) is 3. The van der Waals surface area contributed by atoms with Crippen molar-refractivity contribution in [1.29, 1.82) is 0 Å². The molecule has 1 N–H and O–H groups in total. The van der Waals surface area contributed by atoms with Gasteiger partial charge in [-0.1, -0.05) is 24.3 Å². The SMILES string of the molecule is O=P(O)(Oc1ccccc1I)Oc1ccccc1I. The number of para-hydroxylation sites is 2. The average Bonchev–Trinajstić information content (AvgIpc) is 2.35. The summed E-state index contributed by atoms with van der Waals surface area (Å²) in [6.45, 7) is 0. The van der Waals surface area contributed by atoms with Crippen LogP contribution in [0.1, 0.15) is 0 Å². The molecular weight excluding hydrogens is 493 g/mol. The quantitative estimate of drug-likeness (QED) is 0.496. The summed E-state index contributed by atoms with van der Waals surface area (Å²) in [7, 11) is -4.20. The van der Waals surface area contributed by atoms with E-state index < -0.39 is 7.82 Å². The van der Waals surface area contributed by atoms with Gasteiger partial charge in [0.1, 0.15) is 11.5 Å². The molecule has 0 aromatic heterocycles. The van der Waals surface area contributed by atoms with E-state index in [1.165, 1.54) is 0 Å². The van der Waals surface area contributed by atoms with Crippen LogP contribution in [0.25, 0.3) is 0 Å². The first-order valence-electron chi connectivity index (χ1n) is 5.19. The first kappa shape index (κ1) is 15.1. The summed E-state index contributed by atoms with van der Waals surface area (Å²) in [6, 6.07) is 13.9. The van der Waals surface area contributed by atoms with E-state index in [9.17, 15) is 9.46 Å². The highest BCUT2D eigenvalue weighted by Gasteiger charge is 2.26. The van der Waals surface area contributed by atoms with Crippen molar-refractivity contribution in [2.24, 2.45) is 0 Å². The molecule has 0 unspecified atom stereocenters. The average molecular weight is 502 g/mol. The van der Waals surface area contributed by atoms with Crippen LogP contribution in [0.2, 0.25) is 0 Å². The van der Waals surface area contributed by atoms with E-state index in [0.717, 1.165) is 7.14 Å². The lowest BCUT2D eigenvalue weighted by atomic mass is 10.3. The highest BCUT2D eigenvalue weighted by atomic mass is 127. The van der Waals surface area contributed by atoms with Crippen molar-refractivity contribution in [3.63, 3.8) is 0 Å². The lowest BCUT2D eigenvalue weighted by Gasteiger charge is -2.15. The van der Waals surface area contributed by atoms with Crippen molar-refractivity contribution in [2.45, 2.75) is 0 Å². The molecule has 2 aromatic carbocycles. The van der Waals surface area contributed by atoms with Crippen LogP contribution in [-0.4, -0.2) is 4.89 Å². The van der Waals surface area contributed by atoms with Gasteiger partial charge in [0, 0.05) is 0 Å². The Hall–Kier alpha value is -0.310. The van der Waals surface area contributed by atoms with Gasteiger partial charge < -0.3 is 9.05 Å². The zero-order valence-electron chi connectivity index (χ0n) is 9.49. The molecule has 0 radical (unpaired) electrons. The van der Waals surface area contributed by atoms with Crippen LogP contribution in [0, 0.1) is 7.14 Å². The number of rotatable bonds is 4. The van der Waals surface area contributed by atoms with Crippen LogP contribution < -0.4 is 9.05 Å². The summed E-state index contributed by atoms with van der Waals surface area (Å²) in [5, 5.41) is 0. The molecule has 0 bridgehead atoms. The number of phosphoric acid groups is 1. The zero-order valence-corrected chi connectivity index (χ0v) is 14.7. The number of halogens is 2. The maximum absolute atomic E-state index is 12.0. The predicted molar refractivity (Wildman–Crippen MR) is 89.4 cm³/mol. The molecule has 19 heavy (non-hydrogen) atoms. The van der Waals surface area contributed by atoms with Gasteiger partial charge >= 0.3 is 7.82 Å². The van der Waals surface area contributed by atoms with Crippen molar-refractivity contribution in [3.05, 3.63) is 55.7 Å². The van der Waals surface area contributed by atoms with Gasteiger partial charge in [0.2, 0.25) is 0 Å². The second kappa shape index (κ2) is 6.43. The van der Waals surface area contributed by atoms with Crippen molar-refractivity contribution in [3.8, 4) is 11.5 Å². The van der Waals surface area contributed by atoms with Gasteiger partial charge in [0.15, 0.2) is 0 Å². The van der Waals surface area contributed by atoms with E-state index in [1.807, 2.05) is 57.3 Å². The van der Waals surface area contributed by atoms with Crippen LogP contribution in [0.5, 0.6) is 11.5 Å². The minimum atomic E-state index is -4.20. The van der Waals surface area contributed by atoms with E-state index in [1.54, 1.807) is 36.4 Å². The van der Waals surface area contributed by atoms with Crippen LogP contribution in [0.15, 0.2) is 48.5 Å². The lowest BCUT2D eigenvalue weighted by Crippen LogP contribution is -2.01. The third-order valence-electron chi connectivity index (χ3n) is 2.10. The van der Waals surface area contributed by atoms with E-state index in [4.69, 9.17) is 9.05 Å². The van der Waals surface area contributed by atoms with Crippen LogP contribution in [0.4, 0.5) is 0 Å². The number of phosphoric ester groups is 1. The Morgan fingerprint density at radius 2 is 1.21 bits per heavy atom. The molecule has 0 spiro atoms. The first-order valence-corrected chi connectivity index (χ1v) is 8.84. The predicted octanol–water partition coefficient (Wildman–Crippen LogP) is 4.45.